The molecule has 0 saturated heterocycles. The number of rotatable bonds is 5. The van der Waals surface area contributed by atoms with Gasteiger partial charge in [0.1, 0.15) is 5.82 Å². The lowest BCUT2D eigenvalue weighted by molar-refractivity contribution is 0.170. The van der Waals surface area contributed by atoms with Crippen LogP contribution in [-0.4, -0.2) is 11.7 Å². The van der Waals surface area contributed by atoms with Gasteiger partial charge in [0.25, 0.3) is 0 Å². The maximum absolute atomic E-state index is 13.1. The van der Waals surface area contributed by atoms with Crippen molar-refractivity contribution >= 4 is 15.9 Å². The van der Waals surface area contributed by atoms with Gasteiger partial charge in [-0.15, -0.1) is 0 Å². The molecule has 0 aliphatic rings. The van der Waals surface area contributed by atoms with Gasteiger partial charge in [-0.25, -0.2) is 4.39 Å². The Labute approximate surface area is 126 Å². The van der Waals surface area contributed by atoms with E-state index in [0.717, 1.165) is 10.0 Å². The minimum absolute atomic E-state index is 0.117. The first-order valence-corrected chi connectivity index (χ1v) is 7.28. The summed E-state index contributed by atoms with van der Waals surface area (Å²) in [5.74, 6) is -0.331. The Hall–Kier alpha value is -1.23. The Morgan fingerprint density at radius 2 is 1.85 bits per heavy atom. The SMILES string of the molecule is CC(NCC(O)c1cccc(F)c1)c1ccc(Br)cc1. The molecule has 2 aromatic carbocycles. The molecule has 0 radical (unpaired) electrons. The highest BCUT2D eigenvalue weighted by Crippen LogP contribution is 2.18. The highest BCUT2D eigenvalue weighted by molar-refractivity contribution is 9.10. The molecule has 0 aliphatic heterocycles. The van der Waals surface area contributed by atoms with E-state index in [1.54, 1.807) is 12.1 Å². The minimum Gasteiger partial charge on any atom is -0.387 e. The number of hydrogen-bond acceptors (Lipinski definition) is 2. The molecule has 20 heavy (non-hydrogen) atoms. The van der Waals surface area contributed by atoms with Crippen LogP contribution in [-0.2, 0) is 0 Å². The summed E-state index contributed by atoms with van der Waals surface area (Å²) in [6, 6.07) is 14.2. The third-order valence-corrected chi connectivity index (χ3v) is 3.75. The fourth-order valence-electron chi connectivity index (χ4n) is 1.99. The molecule has 0 amide bonds. The number of nitrogens with one attached hydrogen (secondary N) is 1. The van der Waals surface area contributed by atoms with Crippen molar-refractivity contribution in [2.75, 3.05) is 6.54 Å². The summed E-state index contributed by atoms with van der Waals surface area (Å²) in [6.07, 6.45) is -0.719. The number of aliphatic hydroxyl groups excluding tert-OH is 1. The molecule has 2 nitrogen and oxygen atoms in total. The van der Waals surface area contributed by atoms with E-state index in [2.05, 4.69) is 21.2 Å². The topological polar surface area (TPSA) is 32.3 Å². The van der Waals surface area contributed by atoms with Crippen LogP contribution >= 0.6 is 15.9 Å². The first-order valence-electron chi connectivity index (χ1n) is 6.48. The highest BCUT2D eigenvalue weighted by atomic mass is 79.9. The number of hydrogen-bond donors (Lipinski definition) is 2. The van der Waals surface area contributed by atoms with E-state index in [1.165, 1.54) is 12.1 Å². The Morgan fingerprint density at radius 1 is 1.15 bits per heavy atom. The molecule has 4 heteroatoms. The quantitative estimate of drug-likeness (QED) is 0.865. The lowest BCUT2D eigenvalue weighted by Gasteiger charge is -2.18. The van der Waals surface area contributed by atoms with Crippen LogP contribution in [0.2, 0.25) is 0 Å². The third-order valence-electron chi connectivity index (χ3n) is 3.22. The summed E-state index contributed by atoms with van der Waals surface area (Å²) < 4.78 is 14.1. The van der Waals surface area contributed by atoms with Gasteiger partial charge in [-0.2, -0.15) is 0 Å². The second kappa shape index (κ2) is 6.97. The fraction of sp³-hybridized carbons (Fsp3) is 0.250. The predicted molar refractivity (Wildman–Crippen MR) is 81.9 cm³/mol. The summed E-state index contributed by atoms with van der Waals surface area (Å²) in [4.78, 5) is 0. The molecule has 0 spiro atoms. The second-order valence-corrected chi connectivity index (χ2v) is 5.67. The molecular formula is C16H17BrFNO. The van der Waals surface area contributed by atoms with E-state index in [-0.39, 0.29) is 11.9 Å². The summed E-state index contributed by atoms with van der Waals surface area (Å²) in [5.41, 5.74) is 1.72. The van der Waals surface area contributed by atoms with Gasteiger partial charge in [0.05, 0.1) is 6.10 Å². The Morgan fingerprint density at radius 3 is 2.50 bits per heavy atom. The van der Waals surface area contributed by atoms with Crippen LogP contribution in [0.25, 0.3) is 0 Å². The first-order chi connectivity index (χ1) is 9.56. The normalized spacial score (nSPS) is 14.0. The maximum atomic E-state index is 13.1. The van der Waals surface area contributed by atoms with Crippen molar-refractivity contribution in [3.63, 3.8) is 0 Å². The van der Waals surface area contributed by atoms with Crippen molar-refractivity contribution in [2.24, 2.45) is 0 Å². The molecule has 0 heterocycles. The van der Waals surface area contributed by atoms with Crippen LogP contribution in [0.5, 0.6) is 0 Å². The van der Waals surface area contributed by atoms with Crippen molar-refractivity contribution in [2.45, 2.75) is 19.1 Å². The molecule has 2 unspecified atom stereocenters. The Kier molecular flexibility index (Phi) is 5.29. The number of halogens is 2. The summed E-state index contributed by atoms with van der Waals surface area (Å²) in [7, 11) is 0. The molecule has 0 fully saturated rings. The lowest BCUT2D eigenvalue weighted by atomic mass is 10.1. The minimum atomic E-state index is -0.719. The van der Waals surface area contributed by atoms with Gasteiger partial charge in [-0.3, -0.25) is 0 Å². The van der Waals surface area contributed by atoms with Crippen molar-refractivity contribution in [3.05, 3.63) is 69.9 Å². The summed E-state index contributed by atoms with van der Waals surface area (Å²) >= 11 is 3.40. The molecule has 2 N–H and O–H groups in total. The van der Waals surface area contributed by atoms with Crippen LogP contribution in [0.3, 0.4) is 0 Å². The van der Waals surface area contributed by atoms with Crippen molar-refractivity contribution in [1.82, 2.24) is 5.32 Å². The zero-order valence-electron chi connectivity index (χ0n) is 11.2. The summed E-state index contributed by atoms with van der Waals surface area (Å²) in [5, 5.41) is 13.3. The molecular weight excluding hydrogens is 321 g/mol. The largest absolute Gasteiger partial charge is 0.387 e. The predicted octanol–water partition coefficient (Wildman–Crippen LogP) is 3.97. The van der Waals surface area contributed by atoms with Gasteiger partial charge in [-0.1, -0.05) is 40.2 Å². The van der Waals surface area contributed by atoms with Crippen LogP contribution in [0.15, 0.2) is 53.0 Å². The average Bonchev–Trinajstić information content (AvgIpc) is 2.45. The Balaban J connectivity index is 1.93. The van der Waals surface area contributed by atoms with Gasteiger partial charge < -0.3 is 10.4 Å². The number of benzene rings is 2. The Bertz CT molecular complexity index is 559. The maximum Gasteiger partial charge on any atom is 0.123 e. The summed E-state index contributed by atoms with van der Waals surface area (Å²) in [6.45, 7) is 2.40. The van der Waals surface area contributed by atoms with Crippen molar-refractivity contribution in [3.8, 4) is 0 Å². The van der Waals surface area contributed by atoms with Gasteiger partial charge in [0, 0.05) is 17.1 Å². The third kappa shape index (κ3) is 4.13. The molecule has 2 rings (SSSR count). The number of aliphatic hydroxyl groups is 1. The molecule has 0 aliphatic carbocycles. The van der Waals surface area contributed by atoms with E-state index in [9.17, 15) is 9.50 Å². The molecule has 106 valence electrons. The van der Waals surface area contributed by atoms with Crippen LogP contribution in [0, 0.1) is 5.82 Å². The highest BCUT2D eigenvalue weighted by Gasteiger charge is 2.11. The zero-order chi connectivity index (χ0) is 14.5. The van der Waals surface area contributed by atoms with Gasteiger partial charge in [0.2, 0.25) is 0 Å². The smallest absolute Gasteiger partial charge is 0.123 e. The monoisotopic (exact) mass is 337 g/mol. The van der Waals surface area contributed by atoms with Crippen LogP contribution in [0.1, 0.15) is 30.2 Å². The van der Waals surface area contributed by atoms with E-state index < -0.39 is 6.10 Å². The van der Waals surface area contributed by atoms with E-state index in [4.69, 9.17) is 0 Å². The molecule has 0 bridgehead atoms. The first kappa shape index (κ1) is 15.2. The average molecular weight is 338 g/mol. The van der Waals surface area contributed by atoms with Crippen LogP contribution in [0.4, 0.5) is 4.39 Å². The van der Waals surface area contributed by atoms with E-state index >= 15 is 0 Å². The second-order valence-electron chi connectivity index (χ2n) is 4.75. The van der Waals surface area contributed by atoms with Crippen LogP contribution < -0.4 is 5.32 Å². The molecule has 0 aromatic heterocycles. The fourth-order valence-corrected chi connectivity index (χ4v) is 2.25. The molecule has 2 atom stereocenters. The van der Waals surface area contributed by atoms with E-state index in [1.807, 2.05) is 31.2 Å². The molecule has 2 aromatic rings. The van der Waals surface area contributed by atoms with Gasteiger partial charge in [-0.05, 0) is 42.3 Å². The van der Waals surface area contributed by atoms with E-state index in [0.29, 0.717) is 12.1 Å². The van der Waals surface area contributed by atoms with Crippen molar-refractivity contribution < 1.29 is 9.50 Å². The van der Waals surface area contributed by atoms with Crippen molar-refractivity contribution in [1.29, 1.82) is 0 Å². The van der Waals surface area contributed by atoms with Gasteiger partial charge in [0.15, 0.2) is 0 Å². The zero-order valence-corrected chi connectivity index (χ0v) is 12.8. The lowest BCUT2D eigenvalue weighted by Crippen LogP contribution is -2.24. The standard InChI is InChI=1S/C16H17BrFNO/c1-11(12-5-7-14(17)8-6-12)19-10-16(20)13-3-2-4-15(18)9-13/h2-9,11,16,19-20H,10H2,1H3. The van der Waals surface area contributed by atoms with Gasteiger partial charge >= 0.3 is 0 Å². The molecule has 0 saturated carbocycles.